The van der Waals surface area contributed by atoms with Crippen LogP contribution in [0.15, 0.2) is 45.8 Å². The Morgan fingerprint density at radius 2 is 1.85 bits per heavy atom. The lowest BCUT2D eigenvalue weighted by atomic mass is 10.3. The Morgan fingerprint density at radius 1 is 1.15 bits per heavy atom. The summed E-state index contributed by atoms with van der Waals surface area (Å²) in [5.74, 6) is -2.02. The van der Waals surface area contributed by atoms with Gasteiger partial charge in [0.1, 0.15) is 16.5 Å². The van der Waals surface area contributed by atoms with E-state index in [0.29, 0.717) is 11.8 Å². The Kier molecular flexibility index (Phi) is 4.65. The molecule has 0 saturated carbocycles. The van der Waals surface area contributed by atoms with E-state index >= 15 is 0 Å². The highest BCUT2D eigenvalue weighted by atomic mass is 127. The molecule has 0 amide bonds. The number of sulfonamides is 1. The zero-order valence-corrected chi connectivity index (χ0v) is 14.3. The molecule has 2 aromatic carbocycles. The average molecular weight is 474 g/mol. The molecule has 20 heavy (non-hydrogen) atoms. The molecule has 2 aromatic rings. The van der Waals surface area contributed by atoms with Crippen molar-refractivity contribution in [3.63, 3.8) is 0 Å². The van der Waals surface area contributed by atoms with E-state index in [4.69, 9.17) is 0 Å². The molecule has 0 aliphatic rings. The molecule has 0 aliphatic heterocycles. The van der Waals surface area contributed by atoms with E-state index in [1.165, 1.54) is 6.07 Å². The molecule has 8 heteroatoms. The second kappa shape index (κ2) is 5.94. The summed E-state index contributed by atoms with van der Waals surface area (Å²) < 4.78 is 53.9. The molecule has 0 aromatic heterocycles. The van der Waals surface area contributed by atoms with Gasteiger partial charge in [-0.15, -0.1) is 0 Å². The number of benzene rings is 2. The quantitative estimate of drug-likeness (QED) is 0.681. The predicted octanol–water partition coefficient (Wildman–Crippen LogP) is 4.13. The first kappa shape index (κ1) is 15.6. The first-order valence-corrected chi connectivity index (χ1v) is 8.58. The van der Waals surface area contributed by atoms with Gasteiger partial charge in [0.25, 0.3) is 10.0 Å². The summed E-state index contributed by atoms with van der Waals surface area (Å²) in [6.45, 7) is 0. The minimum Gasteiger partial charge on any atom is -0.279 e. The second-order valence-corrected chi connectivity index (χ2v) is 7.53. The largest absolute Gasteiger partial charge is 0.279 e. The minimum absolute atomic E-state index is 0.173. The molecule has 0 fully saturated rings. The number of anilines is 1. The van der Waals surface area contributed by atoms with Crippen LogP contribution in [0.1, 0.15) is 0 Å². The van der Waals surface area contributed by atoms with Crippen molar-refractivity contribution in [2.45, 2.75) is 4.90 Å². The number of rotatable bonds is 3. The van der Waals surface area contributed by atoms with Crippen LogP contribution in [-0.2, 0) is 10.0 Å². The van der Waals surface area contributed by atoms with Gasteiger partial charge in [-0.25, -0.2) is 17.2 Å². The zero-order valence-electron chi connectivity index (χ0n) is 9.70. The number of hydrogen-bond acceptors (Lipinski definition) is 2. The SMILES string of the molecule is O=S(=O)(Nc1cccc(I)c1)c1c(F)cc(F)cc1Br. The topological polar surface area (TPSA) is 46.2 Å². The maximum atomic E-state index is 13.7. The summed E-state index contributed by atoms with van der Waals surface area (Å²) in [5, 5.41) is 0. The van der Waals surface area contributed by atoms with E-state index < -0.39 is 26.6 Å². The Balaban J connectivity index is 2.46. The Morgan fingerprint density at radius 3 is 2.45 bits per heavy atom. The molecule has 0 atom stereocenters. The number of halogens is 4. The van der Waals surface area contributed by atoms with Crippen LogP contribution in [0, 0.1) is 15.2 Å². The molecule has 3 nitrogen and oxygen atoms in total. The van der Waals surface area contributed by atoms with Crippen molar-refractivity contribution in [1.29, 1.82) is 0 Å². The molecule has 2 rings (SSSR count). The van der Waals surface area contributed by atoms with E-state index in [1.54, 1.807) is 18.2 Å². The van der Waals surface area contributed by atoms with E-state index in [0.717, 1.165) is 9.64 Å². The van der Waals surface area contributed by atoms with Crippen LogP contribution < -0.4 is 4.72 Å². The van der Waals surface area contributed by atoms with Gasteiger partial charge in [-0.2, -0.15) is 0 Å². The predicted molar refractivity (Wildman–Crippen MR) is 84.0 cm³/mol. The Hall–Kier alpha value is -0.740. The van der Waals surface area contributed by atoms with Crippen LogP contribution in [0.5, 0.6) is 0 Å². The van der Waals surface area contributed by atoms with Gasteiger partial charge in [0.2, 0.25) is 0 Å². The third-order valence-electron chi connectivity index (χ3n) is 2.31. The first-order chi connectivity index (χ1) is 9.29. The monoisotopic (exact) mass is 473 g/mol. The van der Waals surface area contributed by atoms with Gasteiger partial charge in [-0.3, -0.25) is 4.72 Å². The highest BCUT2D eigenvalue weighted by Crippen LogP contribution is 2.28. The molecule has 106 valence electrons. The number of nitrogens with one attached hydrogen (secondary N) is 1. The van der Waals surface area contributed by atoms with E-state index in [9.17, 15) is 17.2 Å². The summed E-state index contributed by atoms with van der Waals surface area (Å²) >= 11 is 4.88. The molecule has 0 aliphatic carbocycles. The molecule has 0 heterocycles. The van der Waals surface area contributed by atoms with Crippen molar-refractivity contribution < 1.29 is 17.2 Å². The first-order valence-electron chi connectivity index (χ1n) is 5.22. The van der Waals surface area contributed by atoms with Crippen LogP contribution in [-0.4, -0.2) is 8.42 Å². The van der Waals surface area contributed by atoms with Gasteiger partial charge in [0.15, 0.2) is 0 Å². The molecular formula is C12H7BrF2INO2S. The van der Waals surface area contributed by atoms with E-state index in [1.807, 2.05) is 22.6 Å². The third kappa shape index (κ3) is 3.47. The third-order valence-corrected chi connectivity index (χ3v) is 5.32. The van der Waals surface area contributed by atoms with Crippen molar-refractivity contribution >= 4 is 54.2 Å². The molecule has 1 N–H and O–H groups in total. The van der Waals surface area contributed by atoms with Gasteiger partial charge >= 0.3 is 0 Å². The summed E-state index contributed by atoms with van der Waals surface area (Å²) in [7, 11) is -4.15. The maximum absolute atomic E-state index is 13.7. The van der Waals surface area contributed by atoms with Crippen molar-refractivity contribution in [3.8, 4) is 0 Å². The Labute approximate surface area is 136 Å². The average Bonchev–Trinajstić information content (AvgIpc) is 2.25. The zero-order chi connectivity index (χ0) is 14.9. The summed E-state index contributed by atoms with van der Waals surface area (Å²) in [6.07, 6.45) is 0. The smallest absolute Gasteiger partial charge is 0.265 e. The lowest BCUT2D eigenvalue weighted by Gasteiger charge is -2.11. The van der Waals surface area contributed by atoms with Gasteiger partial charge in [0, 0.05) is 19.8 Å². The fraction of sp³-hybridized carbons (Fsp3) is 0. The fourth-order valence-electron chi connectivity index (χ4n) is 1.54. The van der Waals surface area contributed by atoms with Crippen molar-refractivity contribution in [3.05, 3.63) is 56.1 Å². The highest BCUT2D eigenvalue weighted by molar-refractivity contribution is 14.1. The van der Waals surface area contributed by atoms with Crippen molar-refractivity contribution in [2.24, 2.45) is 0 Å². The fourth-order valence-corrected chi connectivity index (χ4v) is 4.30. The lowest BCUT2D eigenvalue weighted by molar-refractivity contribution is 0.548. The maximum Gasteiger partial charge on any atom is 0.265 e. The molecule has 0 radical (unpaired) electrons. The Bertz CT molecular complexity index is 745. The second-order valence-electron chi connectivity index (χ2n) is 3.81. The minimum atomic E-state index is -4.15. The van der Waals surface area contributed by atoms with E-state index in [2.05, 4.69) is 20.7 Å². The molecule has 0 saturated heterocycles. The summed E-state index contributed by atoms with van der Waals surface area (Å²) in [6, 6.07) is 7.99. The van der Waals surface area contributed by atoms with Crippen LogP contribution in [0.3, 0.4) is 0 Å². The molecule has 0 unspecified atom stereocenters. The van der Waals surface area contributed by atoms with Crippen molar-refractivity contribution in [1.82, 2.24) is 0 Å². The highest BCUT2D eigenvalue weighted by Gasteiger charge is 2.23. The van der Waals surface area contributed by atoms with Gasteiger partial charge in [-0.05, 0) is 62.8 Å². The molecule has 0 spiro atoms. The van der Waals surface area contributed by atoms with E-state index in [-0.39, 0.29) is 4.47 Å². The summed E-state index contributed by atoms with van der Waals surface area (Å²) in [5.41, 5.74) is 0.299. The van der Waals surface area contributed by atoms with Crippen LogP contribution in [0.25, 0.3) is 0 Å². The van der Waals surface area contributed by atoms with Gasteiger partial charge < -0.3 is 0 Å². The standard InChI is InChI=1S/C12H7BrF2INO2S/c13-10-4-7(14)5-11(15)12(10)20(18,19)17-9-3-1-2-8(16)6-9/h1-6,17H. The van der Waals surface area contributed by atoms with Crippen LogP contribution in [0.2, 0.25) is 0 Å². The van der Waals surface area contributed by atoms with Gasteiger partial charge in [0.05, 0.1) is 0 Å². The lowest BCUT2D eigenvalue weighted by Crippen LogP contribution is -2.15. The molecule has 0 bridgehead atoms. The molecular weight excluding hydrogens is 467 g/mol. The van der Waals surface area contributed by atoms with Gasteiger partial charge in [-0.1, -0.05) is 6.07 Å². The van der Waals surface area contributed by atoms with Crippen molar-refractivity contribution in [2.75, 3.05) is 4.72 Å². The normalized spacial score (nSPS) is 11.4. The summed E-state index contributed by atoms with van der Waals surface area (Å²) in [4.78, 5) is -0.627. The number of hydrogen-bond donors (Lipinski definition) is 1. The van der Waals surface area contributed by atoms with Crippen LogP contribution >= 0.6 is 38.5 Å². The van der Waals surface area contributed by atoms with Crippen LogP contribution in [0.4, 0.5) is 14.5 Å².